The number of rotatable bonds is 3. The molecule has 1 heterocycles. The summed E-state index contributed by atoms with van der Waals surface area (Å²) >= 11 is 0. The van der Waals surface area contributed by atoms with Crippen LogP contribution in [0.1, 0.15) is 39.2 Å². The van der Waals surface area contributed by atoms with Crippen LogP contribution in [0.3, 0.4) is 0 Å². The van der Waals surface area contributed by atoms with Gasteiger partial charge in [0.15, 0.2) is 0 Å². The van der Waals surface area contributed by atoms with Crippen LogP contribution in [0.15, 0.2) is 12.1 Å². The molecule has 112 valence electrons. The van der Waals surface area contributed by atoms with Crippen LogP contribution in [0.4, 0.5) is 14.5 Å². The third-order valence-corrected chi connectivity index (χ3v) is 3.85. The highest BCUT2D eigenvalue weighted by Crippen LogP contribution is 2.34. The number of halogens is 2. The predicted octanol–water partition coefficient (Wildman–Crippen LogP) is 3.48. The molecule has 1 atom stereocenters. The van der Waals surface area contributed by atoms with Gasteiger partial charge in [-0.2, -0.15) is 0 Å². The molecule has 0 aromatic heterocycles. The van der Waals surface area contributed by atoms with Gasteiger partial charge in [-0.15, -0.1) is 0 Å². The fourth-order valence-corrected chi connectivity index (χ4v) is 3.02. The fraction of sp³-hybridized carbons (Fsp3) is 0.625. The third kappa shape index (κ3) is 3.48. The van der Waals surface area contributed by atoms with Gasteiger partial charge in [0.2, 0.25) is 0 Å². The second-order valence-corrected chi connectivity index (χ2v) is 6.78. The number of hydrogen-bond donors (Lipinski definition) is 1. The van der Waals surface area contributed by atoms with E-state index in [1.165, 1.54) is 12.1 Å². The van der Waals surface area contributed by atoms with Crippen LogP contribution in [0.2, 0.25) is 0 Å². The van der Waals surface area contributed by atoms with Gasteiger partial charge >= 0.3 is 0 Å². The summed E-state index contributed by atoms with van der Waals surface area (Å²) < 4.78 is 28.6. The van der Waals surface area contributed by atoms with E-state index in [1.807, 2.05) is 11.8 Å². The first-order valence-electron chi connectivity index (χ1n) is 7.27. The quantitative estimate of drug-likeness (QED) is 0.919. The molecule has 1 aliphatic rings. The minimum absolute atomic E-state index is 0.0988. The van der Waals surface area contributed by atoms with Gasteiger partial charge < -0.3 is 10.6 Å². The van der Waals surface area contributed by atoms with E-state index in [4.69, 9.17) is 5.73 Å². The normalized spacial score (nSPS) is 20.0. The Morgan fingerprint density at radius 2 is 1.90 bits per heavy atom. The van der Waals surface area contributed by atoms with E-state index >= 15 is 0 Å². The van der Waals surface area contributed by atoms with Crippen LogP contribution < -0.4 is 10.6 Å². The average molecular weight is 282 g/mol. The Morgan fingerprint density at radius 3 is 2.40 bits per heavy atom. The summed E-state index contributed by atoms with van der Waals surface area (Å²) in [6.45, 7) is 7.51. The summed E-state index contributed by atoms with van der Waals surface area (Å²) in [6.07, 6.45) is 2.54. The van der Waals surface area contributed by atoms with Crippen molar-refractivity contribution in [1.29, 1.82) is 0 Å². The zero-order chi connectivity index (χ0) is 14.9. The van der Waals surface area contributed by atoms with Crippen molar-refractivity contribution < 1.29 is 8.78 Å². The molecule has 4 heteroatoms. The molecular weight excluding hydrogens is 258 g/mol. The number of nitrogens with two attached hydrogens (primary N) is 1. The van der Waals surface area contributed by atoms with Gasteiger partial charge in [0.25, 0.3) is 0 Å². The lowest BCUT2D eigenvalue weighted by Crippen LogP contribution is -2.41. The van der Waals surface area contributed by atoms with Crippen molar-refractivity contribution in [1.82, 2.24) is 0 Å². The second-order valence-electron chi connectivity index (χ2n) is 6.78. The van der Waals surface area contributed by atoms with Gasteiger partial charge in [0, 0.05) is 19.1 Å². The van der Waals surface area contributed by atoms with E-state index in [2.05, 4.69) is 13.8 Å². The highest BCUT2D eigenvalue weighted by Gasteiger charge is 2.29. The average Bonchev–Trinajstić information content (AvgIpc) is 2.25. The number of nitrogens with zero attached hydrogens (tertiary/aromatic N) is 1. The molecule has 1 unspecified atom stereocenters. The maximum absolute atomic E-state index is 14.3. The third-order valence-electron chi connectivity index (χ3n) is 3.85. The molecule has 2 nitrogen and oxygen atoms in total. The van der Waals surface area contributed by atoms with Crippen molar-refractivity contribution in [3.05, 3.63) is 29.3 Å². The first kappa shape index (κ1) is 15.2. The molecule has 1 aliphatic heterocycles. The Hall–Kier alpha value is -1.16. The van der Waals surface area contributed by atoms with E-state index in [-0.39, 0.29) is 17.1 Å². The Kier molecular flexibility index (Phi) is 4.33. The topological polar surface area (TPSA) is 29.3 Å². The first-order valence-corrected chi connectivity index (χ1v) is 7.27. The molecule has 0 aliphatic carbocycles. The van der Waals surface area contributed by atoms with E-state index in [0.29, 0.717) is 25.1 Å². The molecule has 0 bridgehead atoms. The first-order chi connectivity index (χ1) is 9.28. The summed E-state index contributed by atoms with van der Waals surface area (Å²) in [5, 5.41) is 0. The lowest BCUT2D eigenvalue weighted by molar-refractivity contribution is 0.290. The smallest absolute Gasteiger partial charge is 0.149 e. The highest BCUT2D eigenvalue weighted by atomic mass is 19.1. The van der Waals surface area contributed by atoms with Crippen molar-refractivity contribution in [2.24, 2.45) is 11.1 Å². The van der Waals surface area contributed by atoms with Crippen molar-refractivity contribution in [3.8, 4) is 0 Å². The second kappa shape index (κ2) is 5.68. The Bertz CT molecular complexity index is 460. The highest BCUT2D eigenvalue weighted by molar-refractivity contribution is 5.51. The van der Waals surface area contributed by atoms with E-state index in [1.54, 1.807) is 0 Å². The van der Waals surface area contributed by atoms with E-state index in [9.17, 15) is 8.78 Å². The summed E-state index contributed by atoms with van der Waals surface area (Å²) in [5.74, 6) is -0.947. The van der Waals surface area contributed by atoms with Gasteiger partial charge in [-0.1, -0.05) is 13.8 Å². The Labute approximate surface area is 120 Å². The lowest BCUT2D eigenvalue weighted by atomic mass is 9.84. The number of piperidine rings is 1. The van der Waals surface area contributed by atoms with Crippen molar-refractivity contribution in [3.63, 3.8) is 0 Å². The minimum Gasteiger partial charge on any atom is -0.366 e. The van der Waals surface area contributed by atoms with Gasteiger partial charge in [-0.3, -0.25) is 0 Å². The molecule has 1 fully saturated rings. The van der Waals surface area contributed by atoms with Crippen LogP contribution in [0.5, 0.6) is 0 Å². The maximum atomic E-state index is 14.3. The van der Waals surface area contributed by atoms with Gasteiger partial charge in [0.1, 0.15) is 17.3 Å². The molecule has 0 amide bonds. The van der Waals surface area contributed by atoms with E-state index < -0.39 is 11.6 Å². The minimum atomic E-state index is -0.474. The van der Waals surface area contributed by atoms with Gasteiger partial charge in [0.05, 0.1) is 0 Å². The predicted molar refractivity (Wildman–Crippen MR) is 78.9 cm³/mol. The number of benzene rings is 1. The zero-order valence-electron chi connectivity index (χ0n) is 12.5. The molecule has 0 radical (unpaired) electrons. The summed E-state index contributed by atoms with van der Waals surface area (Å²) in [6, 6.07) is 2.74. The van der Waals surface area contributed by atoms with Gasteiger partial charge in [-0.25, -0.2) is 8.78 Å². The largest absolute Gasteiger partial charge is 0.366 e. The molecule has 0 spiro atoms. The number of hydrogen-bond acceptors (Lipinski definition) is 2. The van der Waals surface area contributed by atoms with Crippen LogP contribution in [-0.2, 0) is 6.42 Å². The summed E-state index contributed by atoms with van der Waals surface area (Å²) in [4.78, 5) is 1.84. The van der Waals surface area contributed by atoms with E-state index in [0.717, 1.165) is 12.8 Å². The molecule has 20 heavy (non-hydrogen) atoms. The molecule has 2 rings (SSSR count). The van der Waals surface area contributed by atoms with Crippen molar-refractivity contribution in [2.45, 2.75) is 46.1 Å². The van der Waals surface area contributed by atoms with Crippen molar-refractivity contribution in [2.75, 3.05) is 18.0 Å². The molecular formula is C16H24F2N2. The fourth-order valence-electron chi connectivity index (χ4n) is 3.02. The SMILES string of the molecule is CC(N)Cc1cc(F)c(N2CCCC(C)(C)C2)c(F)c1. The zero-order valence-corrected chi connectivity index (χ0v) is 12.5. The summed E-state index contributed by atoms with van der Waals surface area (Å²) in [7, 11) is 0. The molecule has 0 saturated carbocycles. The molecule has 1 aromatic rings. The maximum Gasteiger partial charge on any atom is 0.149 e. The van der Waals surface area contributed by atoms with Crippen LogP contribution >= 0.6 is 0 Å². The van der Waals surface area contributed by atoms with Crippen LogP contribution in [0, 0.1) is 17.0 Å². The van der Waals surface area contributed by atoms with Crippen LogP contribution in [-0.4, -0.2) is 19.1 Å². The molecule has 2 N–H and O–H groups in total. The van der Waals surface area contributed by atoms with Crippen molar-refractivity contribution >= 4 is 5.69 Å². The molecule has 1 aromatic carbocycles. The Morgan fingerprint density at radius 1 is 1.30 bits per heavy atom. The van der Waals surface area contributed by atoms with Crippen LogP contribution in [0.25, 0.3) is 0 Å². The number of anilines is 1. The monoisotopic (exact) mass is 282 g/mol. The Balaban J connectivity index is 2.28. The van der Waals surface area contributed by atoms with Gasteiger partial charge in [-0.05, 0) is 49.3 Å². The summed E-state index contributed by atoms with van der Waals surface area (Å²) in [5.41, 5.74) is 6.52. The standard InChI is InChI=1S/C16H24F2N2/c1-11(19)7-12-8-13(17)15(14(18)9-12)20-6-4-5-16(2,3)10-20/h8-9,11H,4-7,10,19H2,1-3H3. The lowest BCUT2D eigenvalue weighted by Gasteiger charge is -2.39. The molecule has 1 saturated heterocycles.